The minimum Gasteiger partial charge on any atom is -0.481 e. The van der Waals surface area contributed by atoms with Gasteiger partial charge < -0.3 is 10.2 Å². The van der Waals surface area contributed by atoms with Crippen LogP contribution in [0.5, 0.6) is 0 Å². The average molecular weight is 256 g/mol. The summed E-state index contributed by atoms with van der Waals surface area (Å²) in [5, 5.41) is 17.1. The molecule has 0 aliphatic carbocycles. The summed E-state index contributed by atoms with van der Waals surface area (Å²) in [7, 11) is 0. The van der Waals surface area contributed by atoms with Gasteiger partial charge in [0.15, 0.2) is 0 Å². The van der Waals surface area contributed by atoms with E-state index in [1.54, 1.807) is 0 Å². The van der Waals surface area contributed by atoms with E-state index in [4.69, 9.17) is 10.2 Å². The standard InChI is InChI=1S/C9H11F3O5/c1-4(2-6(13)9(10,11)12)5(8(16)17)3-7(14)15/h4-5H,2-3H2,1H3,(H,14,15)(H,16,17). The Morgan fingerprint density at radius 2 is 1.59 bits per heavy atom. The highest BCUT2D eigenvalue weighted by atomic mass is 19.4. The summed E-state index contributed by atoms with van der Waals surface area (Å²) in [6, 6.07) is 0. The monoisotopic (exact) mass is 256 g/mol. The molecule has 0 aliphatic rings. The molecule has 2 atom stereocenters. The normalized spacial score (nSPS) is 15.1. The Labute approximate surface area is 94.2 Å². The van der Waals surface area contributed by atoms with Crippen molar-refractivity contribution in [1.29, 1.82) is 0 Å². The fraction of sp³-hybridized carbons (Fsp3) is 0.667. The van der Waals surface area contributed by atoms with Crippen molar-refractivity contribution < 1.29 is 37.8 Å². The summed E-state index contributed by atoms with van der Waals surface area (Å²) >= 11 is 0. The van der Waals surface area contributed by atoms with Crippen LogP contribution in [0.2, 0.25) is 0 Å². The number of carbonyl (C=O) groups is 3. The number of halogens is 3. The number of carboxylic acids is 2. The van der Waals surface area contributed by atoms with Crippen molar-refractivity contribution in [3.8, 4) is 0 Å². The van der Waals surface area contributed by atoms with Crippen molar-refractivity contribution in [2.75, 3.05) is 0 Å². The highest BCUT2D eigenvalue weighted by molar-refractivity contribution is 5.85. The Morgan fingerprint density at radius 3 is 1.88 bits per heavy atom. The SMILES string of the molecule is CC(CC(=O)C(F)(F)F)C(CC(=O)O)C(=O)O. The van der Waals surface area contributed by atoms with E-state index in [2.05, 4.69) is 0 Å². The molecule has 0 spiro atoms. The summed E-state index contributed by atoms with van der Waals surface area (Å²) < 4.78 is 35.8. The number of alkyl halides is 3. The molecule has 0 amide bonds. The molecule has 8 heteroatoms. The van der Waals surface area contributed by atoms with Crippen LogP contribution in [0.25, 0.3) is 0 Å². The minimum absolute atomic E-state index is 0.818. The first-order valence-corrected chi connectivity index (χ1v) is 4.60. The molecule has 2 unspecified atom stereocenters. The quantitative estimate of drug-likeness (QED) is 0.747. The van der Waals surface area contributed by atoms with Gasteiger partial charge >= 0.3 is 18.1 Å². The summed E-state index contributed by atoms with van der Waals surface area (Å²) in [6.45, 7) is 1.10. The van der Waals surface area contributed by atoms with Crippen molar-refractivity contribution in [2.24, 2.45) is 11.8 Å². The van der Waals surface area contributed by atoms with Gasteiger partial charge in [-0.3, -0.25) is 14.4 Å². The molecule has 0 radical (unpaired) electrons. The molecule has 0 saturated heterocycles. The molecule has 5 nitrogen and oxygen atoms in total. The first-order chi connectivity index (χ1) is 7.55. The Bertz CT molecular complexity index is 323. The maximum absolute atomic E-state index is 11.9. The van der Waals surface area contributed by atoms with E-state index in [9.17, 15) is 27.6 Å². The predicted octanol–water partition coefficient (Wildman–Crippen LogP) is 1.32. The van der Waals surface area contributed by atoms with Crippen LogP contribution in [0.15, 0.2) is 0 Å². The number of hydrogen-bond acceptors (Lipinski definition) is 3. The number of carboxylic acid groups (broad SMARTS) is 2. The number of ketones is 1. The van der Waals surface area contributed by atoms with E-state index < -0.39 is 48.6 Å². The third kappa shape index (κ3) is 5.32. The van der Waals surface area contributed by atoms with E-state index in [1.807, 2.05) is 0 Å². The Morgan fingerprint density at radius 1 is 1.12 bits per heavy atom. The van der Waals surface area contributed by atoms with Crippen molar-refractivity contribution in [1.82, 2.24) is 0 Å². The second-order valence-corrected chi connectivity index (χ2v) is 3.64. The fourth-order valence-electron chi connectivity index (χ4n) is 1.27. The molecule has 0 aliphatic heterocycles. The number of rotatable bonds is 6. The van der Waals surface area contributed by atoms with Gasteiger partial charge in [0.25, 0.3) is 0 Å². The zero-order valence-corrected chi connectivity index (χ0v) is 8.82. The topological polar surface area (TPSA) is 91.7 Å². The molecule has 0 heterocycles. The van der Waals surface area contributed by atoms with Gasteiger partial charge in [-0.25, -0.2) is 0 Å². The fourth-order valence-corrected chi connectivity index (χ4v) is 1.27. The lowest BCUT2D eigenvalue weighted by atomic mass is 9.87. The highest BCUT2D eigenvalue weighted by Crippen LogP contribution is 2.25. The van der Waals surface area contributed by atoms with Crippen LogP contribution in [-0.2, 0) is 14.4 Å². The van der Waals surface area contributed by atoms with Crippen molar-refractivity contribution in [3.63, 3.8) is 0 Å². The first-order valence-electron chi connectivity index (χ1n) is 4.60. The van der Waals surface area contributed by atoms with E-state index in [-0.39, 0.29) is 0 Å². The maximum atomic E-state index is 11.9. The Kier molecular flexibility index (Phi) is 5.11. The van der Waals surface area contributed by atoms with Crippen LogP contribution < -0.4 is 0 Å². The second kappa shape index (κ2) is 5.65. The second-order valence-electron chi connectivity index (χ2n) is 3.64. The zero-order chi connectivity index (χ0) is 13.8. The number of carbonyl (C=O) groups excluding carboxylic acids is 1. The van der Waals surface area contributed by atoms with Gasteiger partial charge in [0, 0.05) is 6.42 Å². The lowest BCUT2D eigenvalue weighted by Crippen LogP contribution is -2.30. The lowest BCUT2D eigenvalue weighted by Gasteiger charge is -2.18. The summed E-state index contributed by atoms with van der Waals surface area (Å²) in [5.41, 5.74) is 0. The molecule has 0 saturated carbocycles. The molecule has 0 aromatic rings. The molecule has 0 aromatic heterocycles. The van der Waals surface area contributed by atoms with Gasteiger partial charge in [0.05, 0.1) is 12.3 Å². The van der Waals surface area contributed by atoms with E-state index >= 15 is 0 Å². The molecule has 0 bridgehead atoms. The molecule has 17 heavy (non-hydrogen) atoms. The smallest absolute Gasteiger partial charge is 0.449 e. The van der Waals surface area contributed by atoms with E-state index in [0.29, 0.717) is 0 Å². The van der Waals surface area contributed by atoms with E-state index in [1.165, 1.54) is 0 Å². The highest BCUT2D eigenvalue weighted by Gasteiger charge is 2.40. The number of hydrogen-bond donors (Lipinski definition) is 2. The van der Waals surface area contributed by atoms with Crippen LogP contribution in [-0.4, -0.2) is 34.1 Å². The average Bonchev–Trinajstić information content (AvgIpc) is 2.11. The molecule has 0 fully saturated rings. The Hall–Kier alpha value is -1.60. The predicted molar refractivity (Wildman–Crippen MR) is 48.2 cm³/mol. The molecule has 98 valence electrons. The molecule has 2 N–H and O–H groups in total. The summed E-state index contributed by atoms with van der Waals surface area (Å²) in [6.07, 6.45) is -6.88. The number of Topliss-reactive ketones (excluding diaryl/α,β-unsaturated/α-hetero) is 1. The van der Waals surface area contributed by atoms with Gasteiger partial charge in [-0.1, -0.05) is 6.92 Å². The lowest BCUT2D eigenvalue weighted by molar-refractivity contribution is -0.173. The molecular weight excluding hydrogens is 245 g/mol. The van der Waals surface area contributed by atoms with Crippen LogP contribution in [0, 0.1) is 11.8 Å². The van der Waals surface area contributed by atoms with Crippen molar-refractivity contribution in [2.45, 2.75) is 25.9 Å². The molecule has 0 aromatic carbocycles. The Balaban J connectivity index is 4.64. The van der Waals surface area contributed by atoms with Crippen molar-refractivity contribution >= 4 is 17.7 Å². The van der Waals surface area contributed by atoms with Crippen LogP contribution in [0.3, 0.4) is 0 Å². The summed E-state index contributed by atoms with van der Waals surface area (Å²) in [4.78, 5) is 31.6. The van der Waals surface area contributed by atoms with Crippen LogP contribution >= 0.6 is 0 Å². The summed E-state index contributed by atoms with van der Waals surface area (Å²) in [5.74, 6) is -7.74. The zero-order valence-electron chi connectivity index (χ0n) is 8.82. The van der Waals surface area contributed by atoms with Crippen LogP contribution in [0.1, 0.15) is 19.8 Å². The van der Waals surface area contributed by atoms with E-state index in [0.717, 1.165) is 6.92 Å². The third-order valence-corrected chi connectivity index (χ3v) is 2.22. The maximum Gasteiger partial charge on any atom is 0.449 e. The van der Waals surface area contributed by atoms with Gasteiger partial charge in [0.2, 0.25) is 5.78 Å². The third-order valence-electron chi connectivity index (χ3n) is 2.22. The van der Waals surface area contributed by atoms with Crippen LogP contribution in [0.4, 0.5) is 13.2 Å². The van der Waals surface area contributed by atoms with Gasteiger partial charge in [-0.05, 0) is 5.92 Å². The first kappa shape index (κ1) is 15.4. The molecule has 0 rings (SSSR count). The van der Waals surface area contributed by atoms with Gasteiger partial charge in [0.1, 0.15) is 0 Å². The number of aliphatic carboxylic acids is 2. The van der Waals surface area contributed by atoms with Crippen molar-refractivity contribution in [3.05, 3.63) is 0 Å². The molecular formula is C9H11F3O5. The minimum atomic E-state index is -5.03. The largest absolute Gasteiger partial charge is 0.481 e. The van der Waals surface area contributed by atoms with Gasteiger partial charge in [-0.2, -0.15) is 13.2 Å². The van der Waals surface area contributed by atoms with Gasteiger partial charge in [-0.15, -0.1) is 0 Å².